The molecule has 0 aliphatic heterocycles. The monoisotopic (exact) mass is 226 g/mol. The number of rotatable bonds is 0. The molecule has 0 saturated carbocycles. The largest absolute Gasteiger partial charge is 2.00 e. The molecule has 0 atom stereocenters. The Kier molecular flexibility index (Phi) is 306. The van der Waals surface area contributed by atoms with Crippen LogP contribution in [0, 0.1) is 14.5 Å². The van der Waals surface area contributed by atoms with Crippen LogP contribution in [0.4, 0.5) is 0 Å². The molecule has 0 rings (SSSR count). The van der Waals surface area contributed by atoms with Gasteiger partial charge in [-0.2, -0.15) is 0 Å². The summed E-state index contributed by atoms with van der Waals surface area (Å²) in [6.45, 7) is 0. The summed E-state index contributed by atoms with van der Waals surface area (Å²) in [6, 6.07) is 0. The van der Waals surface area contributed by atoms with Gasteiger partial charge in [-0.3, -0.25) is 7.05 Å². The molecule has 0 heterocycles. The van der Waals surface area contributed by atoms with Crippen LogP contribution in [0.2, 0.25) is 0 Å². The third kappa shape index (κ3) is 15.9. The summed E-state index contributed by atoms with van der Waals surface area (Å²) in [5, 5.41) is 0. The third-order valence-electron chi connectivity index (χ3n) is 0. The Morgan fingerprint density at radius 2 is 1.25 bits per heavy atom. The number of nitrogens with two attached hydrogens (primary N) is 1. The molecular weight excluding hydrogens is 219 g/mol. The molecule has 1 nitrogen and oxygen atoms in total. The standard InChI is InChI=1S/CH4N.CH3.Ta/c1-2;;/h1-2H2;1H3;/q2*-1;+2. The Balaban J connectivity index is -0.00000000500. The molecule has 0 saturated heterocycles. The third-order valence-corrected chi connectivity index (χ3v) is 0. The second-order valence-electron chi connectivity index (χ2n) is 0. The summed E-state index contributed by atoms with van der Waals surface area (Å²) in [5.74, 6) is 0. The first-order chi connectivity index (χ1) is 1.00. The number of hydrogen-bond donors (Lipinski definition) is 1. The first-order valence-electron chi connectivity index (χ1n) is 0.408. The van der Waals surface area contributed by atoms with Gasteiger partial charge >= 0.3 is 22.4 Å². The molecule has 0 fully saturated rings. The topological polar surface area (TPSA) is 26.0 Å². The van der Waals surface area contributed by atoms with E-state index in [-0.39, 0.29) is 29.8 Å². The van der Waals surface area contributed by atoms with Gasteiger partial charge in [-0.25, -0.2) is 0 Å². The zero-order valence-corrected chi connectivity index (χ0v) is 5.95. The normalized spacial score (nSPS) is 1.50. The fourth-order valence-corrected chi connectivity index (χ4v) is 0. The van der Waals surface area contributed by atoms with E-state index >= 15 is 0 Å². The minimum absolute atomic E-state index is 0. The molecule has 0 aliphatic carbocycles. The van der Waals surface area contributed by atoms with Crippen molar-refractivity contribution in [2.75, 3.05) is 0 Å². The molecule has 2 N–H and O–H groups in total. The second kappa shape index (κ2) is 55.0. The Morgan fingerprint density at radius 3 is 1.25 bits per heavy atom. The minimum atomic E-state index is 0. The Bertz CT molecular complexity index is 6.00. The second-order valence-corrected chi connectivity index (χ2v) is 0. The van der Waals surface area contributed by atoms with Gasteiger partial charge in [-0.1, -0.05) is 0 Å². The average molecular weight is 226 g/mol. The molecule has 0 bridgehead atoms. The molecule has 0 spiro atoms. The molecule has 2 heteroatoms. The van der Waals surface area contributed by atoms with E-state index in [1.807, 2.05) is 0 Å². The zero-order valence-electron chi connectivity index (χ0n) is 2.73. The van der Waals surface area contributed by atoms with E-state index < -0.39 is 0 Å². The van der Waals surface area contributed by atoms with Crippen molar-refractivity contribution >= 4 is 0 Å². The summed E-state index contributed by atoms with van der Waals surface area (Å²) >= 11 is 0. The van der Waals surface area contributed by atoms with Gasteiger partial charge in [-0.15, -0.1) is 0 Å². The van der Waals surface area contributed by atoms with Crippen molar-refractivity contribution in [1.82, 2.24) is 0 Å². The maximum atomic E-state index is 4.25. The van der Waals surface area contributed by atoms with Crippen molar-refractivity contribution < 1.29 is 22.4 Å². The predicted octanol–water partition coefficient (Wildman–Crippen LogP) is 0.184. The molecule has 0 aromatic carbocycles. The van der Waals surface area contributed by atoms with Crippen molar-refractivity contribution in [2.24, 2.45) is 5.73 Å². The average Bonchev–Trinajstić information content (AvgIpc) is 1.00. The molecule has 0 aromatic rings. The fourth-order valence-electron chi connectivity index (χ4n) is 0. The molecule has 1 radical (unpaired) electrons. The van der Waals surface area contributed by atoms with Crippen molar-refractivity contribution in [3.63, 3.8) is 0 Å². The van der Waals surface area contributed by atoms with Crippen LogP contribution in [-0.4, -0.2) is 0 Å². The minimum Gasteiger partial charge on any atom is -0.486 e. The molecule has 4 heavy (non-hydrogen) atoms. The van der Waals surface area contributed by atoms with Crippen molar-refractivity contribution in [1.29, 1.82) is 0 Å². The predicted molar refractivity (Wildman–Crippen MR) is 16.0 cm³/mol. The quantitative estimate of drug-likeness (QED) is 0.586. The Labute approximate surface area is 43.1 Å². The van der Waals surface area contributed by atoms with Crippen LogP contribution in [-0.2, 0) is 22.4 Å². The van der Waals surface area contributed by atoms with Crippen LogP contribution < -0.4 is 5.73 Å². The van der Waals surface area contributed by atoms with Gasteiger partial charge in [0.25, 0.3) is 0 Å². The van der Waals surface area contributed by atoms with Gasteiger partial charge in [0.05, 0.1) is 0 Å². The van der Waals surface area contributed by atoms with E-state index in [0.29, 0.717) is 0 Å². The van der Waals surface area contributed by atoms with Crippen LogP contribution in [0.25, 0.3) is 0 Å². The van der Waals surface area contributed by atoms with Crippen molar-refractivity contribution in [3.05, 3.63) is 14.5 Å². The van der Waals surface area contributed by atoms with E-state index in [0.717, 1.165) is 0 Å². The maximum Gasteiger partial charge on any atom is 2.00 e. The van der Waals surface area contributed by atoms with E-state index in [1.54, 1.807) is 0 Å². The summed E-state index contributed by atoms with van der Waals surface area (Å²) < 4.78 is 0. The molecule has 0 amide bonds. The van der Waals surface area contributed by atoms with Gasteiger partial charge in [0.15, 0.2) is 0 Å². The van der Waals surface area contributed by atoms with Crippen LogP contribution >= 0.6 is 0 Å². The van der Waals surface area contributed by atoms with Crippen LogP contribution in [0.15, 0.2) is 0 Å². The van der Waals surface area contributed by atoms with E-state index in [4.69, 9.17) is 0 Å². The molecule has 0 aromatic heterocycles. The van der Waals surface area contributed by atoms with Crippen LogP contribution in [0.1, 0.15) is 0 Å². The summed E-state index contributed by atoms with van der Waals surface area (Å²) in [5.41, 5.74) is 4.25. The maximum absolute atomic E-state index is 4.25. The molecule has 25 valence electrons. The van der Waals surface area contributed by atoms with Crippen LogP contribution in [0.3, 0.4) is 0 Å². The van der Waals surface area contributed by atoms with Gasteiger partial charge in [0.1, 0.15) is 0 Å². The smallest absolute Gasteiger partial charge is 0.486 e. The summed E-state index contributed by atoms with van der Waals surface area (Å²) in [4.78, 5) is 0. The summed E-state index contributed by atoms with van der Waals surface area (Å²) in [7, 11) is 2.75. The SMILES string of the molecule is [CH2-]N.[CH3-].[Ta+2]. The van der Waals surface area contributed by atoms with Crippen molar-refractivity contribution in [2.45, 2.75) is 0 Å². The van der Waals surface area contributed by atoms with Gasteiger partial charge < -0.3 is 13.2 Å². The van der Waals surface area contributed by atoms with Gasteiger partial charge in [-0.05, 0) is 0 Å². The fraction of sp³-hybridized carbons (Fsp3) is 0. The van der Waals surface area contributed by atoms with E-state index in [2.05, 4.69) is 12.8 Å². The molecule has 0 unspecified atom stereocenters. The zero-order chi connectivity index (χ0) is 2.00. The summed E-state index contributed by atoms with van der Waals surface area (Å²) in [6.07, 6.45) is 0. The Hall–Kier alpha value is 0.700. The first-order valence-corrected chi connectivity index (χ1v) is 0.408. The van der Waals surface area contributed by atoms with Gasteiger partial charge in [0.2, 0.25) is 0 Å². The molecular formula is C2H7NTa. The Morgan fingerprint density at radius 1 is 1.25 bits per heavy atom. The van der Waals surface area contributed by atoms with Crippen molar-refractivity contribution in [3.8, 4) is 0 Å². The first kappa shape index (κ1) is 22.3. The number of hydrogen-bond acceptors (Lipinski definition) is 1. The van der Waals surface area contributed by atoms with Crippen LogP contribution in [0.5, 0.6) is 0 Å². The van der Waals surface area contributed by atoms with E-state index in [1.165, 1.54) is 0 Å². The molecule has 0 aliphatic rings. The van der Waals surface area contributed by atoms with E-state index in [9.17, 15) is 0 Å². The van der Waals surface area contributed by atoms with Gasteiger partial charge in [0, 0.05) is 0 Å².